The molecule has 3 nitrogen and oxygen atoms in total. The molecule has 0 radical (unpaired) electrons. The van der Waals surface area contributed by atoms with Gasteiger partial charge in [0.2, 0.25) is 5.91 Å². The smallest absolute Gasteiger partial charge is 0.245 e. The fourth-order valence-corrected chi connectivity index (χ4v) is 3.14. The van der Waals surface area contributed by atoms with E-state index in [4.69, 9.17) is 5.73 Å². The lowest BCUT2D eigenvalue weighted by molar-refractivity contribution is -0.120. The summed E-state index contributed by atoms with van der Waals surface area (Å²) < 4.78 is 1.07. The molecule has 1 aromatic carbocycles. The van der Waals surface area contributed by atoms with E-state index in [1.807, 2.05) is 12.1 Å². The molecule has 16 heavy (non-hydrogen) atoms. The molecular weight excluding hydrogens is 288 g/mol. The Morgan fingerprint density at radius 2 is 2.19 bits per heavy atom. The molecule has 0 spiro atoms. The number of hydrogen-bond donors (Lipinski definition) is 1. The molecule has 1 aromatic rings. The lowest BCUT2D eigenvalue weighted by Gasteiger charge is -2.20. The van der Waals surface area contributed by atoms with Crippen molar-refractivity contribution in [2.75, 3.05) is 12.3 Å². The first-order valence-corrected chi connectivity index (χ1v) is 6.90. The molecule has 1 aliphatic rings. The number of nitrogens with two attached hydrogens (primary N) is 1. The summed E-state index contributed by atoms with van der Waals surface area (Å²) in [7, 11) is 0. The van der Waals surface area contributed by atoms with Crippen LogP contribution in [-0.4, -0.2) is 28.5 Å². The maximum absolute atomic E-state index is 11.2. The molecule has 1 heterocycles. The lowest BCUT2D eigenvalue weighted by atomic mass is 10.2. The van der Waals surface area contributed by atoms with Crippen molar-refractivity contribution in [2.45, 2.75) is 11.9 Å². The fourth-order valence-electron chi connectivity index (χ4n) is 1.75. The minimum absolute atomic E-state index is 0.163. The van der Waals surface area contributed by atoms with Crippen molar-refractivity contribution in [1.29, 1.82) is 0 Å². The highest BCUT2D eigenvalue weighted by Crippen LogP contribution is 2.25. The molecule has 5 heteroatoms. The zero-order chi connectivity index (χ0) is 11.5. The van der Waals surface area contributed by atoms with Gasteiger partial charge in [0, 0.05) is 23.3 Å². The van der Waals surface area contributed by atoms with E-state index in [0.29, 0.717) is 0 Å². The molecule has 0 bridgehead atoms. The molecule has 0 aliphatic carbocycles. The third kappa shape index (κ3) is 2.78. The molecule has 1 aliphatic heterocycles. The van der Waals surface area contributed by atoms with E-state index in [0.717, 1.165) is 23.3 Å². The Morgan fingerprint density at radius 3 is 2.81 bits per heavy atom. The second-order valence-electron chi connectivity index (χ2n) is 3.72. The van der Waals surface area contributed by atoms with Crippen molar-refractivity contribution in [3.05, 3.63) is 34.3 Å². The van der Waals surface area contributed by atoms with Gasteiger partial charge in [0.05, 0.1) is 0 Å². The third-order valence-electron chi connectivity index (χ3n) is 2.53. The molecule has 2 N–H and O–H groups in total. The number of halogens is 1. The summed E-state index contributed by atoms with van der Waals surface area (Å²) >= 11 is 5.02. The van der Waals surface area contributed by atoms with E-state index in [-0.39, 0.29) is 11.3 Å². The molecule has 0 saturated carbocycles. The fraction of sp³-hybridized carbons (Fsp3) is 0.364. The van der Waals surface area contributed by atoms with Crippen LogP contribution in [0.3, 0.4) is 0 Å². The Balaban J connectivity index is 2.03. The minimum atomic E-state index is -0.236. The average molecular weight is 301 g/mol. The van der Waals surface area contributed by atoms with Gasteiger partial charge in [0.25, 0.3) is 0 Å². The number of nitrogens with zero attached hydrogens (tertiary/aromatic N) is 1. The van der Waals surface area contributed by atoms with Gasteiger partial charge in [-0.2, -0.15) is 0 Å². The number of amides is 1. The van der Waals surface area contributed by atoms with Crippen LogP contribution >= 0.6 is 27.7 Å². The van der Waals surface area contributed by atoms with E-state index >= 15 is 0 Å². The van der Waals surface area contributed by atoms with Gasteiger partial charge in [-0.3, -0.25) is 9.69 Å². The zero-order valence-corrected chi connectivity index (χ0v) is 11.1. The van der Waals surface area contributed by atoms with Gasteiger partial charge in [-0.15, -0.1) is 11.8 Å². The summed E-state index contributed by atoms with van der Waals surface area (Å²) in [4.78, 5) is 13.3. The highest BCUT2D eigenvalue weighted by atomic mass is 79.9. The number of rotatable bonds is 3. The van der Waals surface area contributed by atoms with Crippen LogP contribution in [0.5, 0.6) is 0 Å². The van der Waals surface area contributed by atoms with Crippen LogP contribution in [-0.2, 0) is 11.3 Å². The maximum atomic E-state index is 11.2. The van der Waals surface area contributed by atoms with E-state index < -0.39 is 0 Å². The van der Waals surface area contributed by atoms with E-state index in [1.54, 1.807) is 11.8 Å². The molecular formula is C11H13BrN2OS. The van der Waals surface area contributed by atoms with Crippen LogP contribution in [0.25, 0.3) is 0 Å². The predicted octanol–water partition coefficient (Wildman–Crippen LogP) is 1.81. The normalized spacial score (nSPS) is 21.2. The summed E-state index contributed by atoms with van der Waals surface area (Å²) in [6, 6.07) is 8.14. The quantitative estimate of drug-likeness (QED) is 0.926. The molecule has 1 saturated heterocycles. The highest BCUT2D eigenvalue weighted by molar-refractivity contribution is 9.10. The Bertz CT molecular complexity index is 382. The van der Waals surface area contributed by atoms with Gasteiger partial charge in [0.15, 0.2) is 0 Å². The number of carbonyl (C=O) groups excluding carboxylic acids is 1. The van der Waals surface area contributed by atoms with Crippen LogP contribution in [0.1, 0.15) is 5.56 Å². The SMILES string of the molecule is NC(=O)C1SCCN1Cc1ccc(Br)cc1. The summed E-state index contributed by atoms with van der Waals surface area (Å²) in [6.07, 6.45) is 0. The molecule has 1 unspecified atom stereocenters. The van der Waals surface area contributed by atoms with Gasteiger partial charge in [-0.25, -0.2) is 0 Å². The van der Waals surface area contributed by atoms with E-state index in [1.165, 1.54) is 5.56 Å². The van der Waals surface area contributed by atoms with Crippen molar-refractivity contribution in [1.82, 2.24) is 4.90 Å². The molecule has 1 atom stereocenters. The topological polar surface area (TPSA) is 46.3 Å². The molecule has 1 amide bonds. The Hall–Kier alpha value is -0.520. The summed E-state index contributed by atoms with van der Waals surface area (Å²) in [5.41, 5.74) is 6.56. The van der Waals surface area contributed by atoms with Crippen LogP contribution in [0.2, 0.25) is 0 Å². The molecule has 2 rings (SSSR count). The van der Waals surface area contributed by atoms with Gasteiger partial charge < -0.3 is 5.73 Å². The highest BCUT2D eigenvalue weighted by Gasteiger charge is 2.29. The standard InChI is InChI=1S/C11H13BrN2OS/c12-9-3-1-8(2-4-9)7-14-5-6-16-11(14)10(13)15/h1-4,11H,5-7H2,(H2,13,15). The first-order chi connectivity index (χ1) is 7.66. The van der Waals surface area contributed by atoms with Crippen LogP contribution in [0, 0.1) is 0 Å². The predicted molar refractivity (Wildman–Crippen MR) is 70.0 cm³/mol. The van der Waals surface area contributed by atoms with Crippen LogP contribution in [0.15, 0.2) is 28.7 Å². The van der Waals surface area contributed by atoms with Crippen LogP contribution in [0.4, 0.5) is 0 Å². The van der Waals surface area contributed by atoms with Crippen LogP contribution < -0.4 is 5.73 Å². The largest absolute Gasteiger partial charge is 0.368 e. The van der Waals surface area contributed by atoms with Crippen molar-refractivity contribution in [3.63, 3.8) is 0 Å². The lowest BCUT2D eigenvalue weighted by Crippen LogP contribution is -2.38. The van der Waals surface area contributed by atoms with E-state index in [9.17, 15) is 4.79 Å². The summed E-state index contributed by atoms with van der Waals surface area (Å²) in [5.74, 6) is 0.740. The van der Waals surface area contributed by atoms with E-state index in [2.05, 4.69) is 33.0 Å². The minimum Gasteiger partial charge on any atom is -0.368 e. The van der Waals surface area contributed by atoms with Crippen molar-refractivity contribution in [2.24, 2.45) is 5.73 Å². The molecule has 0 aromatic heterocycles. The second-order valence-corrected chi connectivity index (χ2v) is 5.83. The Morgan fingerprint density at radius 1 is 1.50 bits per heavy atom. The first-order valence-electron chi connectivity index (χ1n) is 5.06. The van der Waals surface area contributed by atoms with Crippen molar-refractivity contribution in [3.8, 4) is 0 Å². The maximum Gasteiger partial charge on any atom is 0.245 e. The monoisotopic (exact) mass is 300 g/mol. The Kier molecular flexibility index (Phi) is 3.89. The van der Waals surface area contributed by atoms with Gasteiger partial charge in [-0.05, 0) is 17.7 Å². The van der Waals surface area contributed by atoms with Gasteiger partial charge in [-0.1, -0.05) is 28.1 Å². The first kappa shape index (κ1) is 12.0. The third-order valence-corrected chi connectivity index (χ3v) is 4.32. The van der Waals surface area contributed by atoms with Gasteiger partial charge in [0.1, 0.15) is 5.37 Å². The number of primary amides is 1. The van der Waals surface area contributed by atoms with Crippen molar-refractivity contribution < 1.29 is 4.79 Å². The number of hydrogen-bond acceptors (Lipinski definition) is 3. The zero-order valence-electron chi connectivity index (χ0n) is 8.73. The van der Waals surface area contributed by atoms with Crippen molar-refractivity contribution >= 4 is 33.6 Å². The number of carbonyl (C=O) groups is 1. The summed E-state index contributed by atoms with van der Waals surface area (Å²) in [5, 5.41) is -0.163. The average Bonchev–Trinajstić information content (AvgIpc) is 2.69. The summed E-state index contributed by atoms with van der Waals surface area (Å²) in [6.45, 7) is 1.71. The Labute approximate surface area is 108 Å². The van der Waals surface area contributed by atoms with Gasteiger partial charge >= 0.3 is 0 Å². The second kappa shape index (κ2) is 5.21. The number of benzene rings is 1. The number of thioether (sulfide) groups is 1. The molecule has 86 valence electrons. The molecule has 1 fully saturated rings.